The quantitative estimate of drug-likeness (QED) is 0.906. The average molecular weight is 276 g/mol. The molecule has 1 saturated heterocycles. The lowest BCUT2D eigenvalue weighted by atomic mass is 9.98. The molecule has 17 heavy (non-hydrogen) atoms. The van der Waals surface area contributed by atoms with Gasteiger partial charge in [0.05, 0.1) is 11.0 Å². The van der Waals surface area contributed by atoms with E-state index in [-0.39, 0.29) is 10.8 Å². The van der Waals surface area contributed by atoms with Crippen LogP contribution in [0.4, 0.5) is 0 Å². The molecule has 0 aliphatic carbocycles. The van der Waals surface area contributed by atoms with Crippen LogP contribution >= 0.6 is 11.6 Å². The third kappa shape index (κ3) is 2.47. The fourth-order valence-corrected chi connectivity index (χ4v) is 3.60. The molecule has 94 valence electrons. The molecule has 0 spiro atoms. The van der Waals surface area contributed by atoms with E-state index in [9.17, 15) is 13.5 Å². The van der Waals surface area contributed by atoms with Crippen molar-refractivity contribution in [3.05, 3.63) is 29.3 Å². The molecule has 4 nitrogen and oxygen atoms in total. The molecule has 1 heterocycles. The number of aliphatic hydroxyl groups excluding tert-OH is 1. The molecule has 1 fully saturated rings. The van der Waals surface area contributed by atoms with Crippen LogP contribution in [0, 0.1) is 5.92 Å². The Hall–Kier alpha value is -0.620. The van der Waals surface area contributed by atoms with Gasteiger partial charge in [-0.05, 0) is 25.1 Å². The summed E-state index contributed by atoms with van der Waals surface area (Å²) in [6.07, 6.45) is -0.471. The zero-order valence-corrected chi connectivity index (χ0v) is 10.9. The first-order valence-corrected chi connectivity index (χ1v) is 7.17. The van der Waals surface area contributed by atoms with E-state index in [0.29, 0.717) is 18.1 Å². The van der Waals surface area contributed by atoms with Crippen LogP contribution in [-0.2, 0) is 10.0 Å². The van der Waals surface area contributed by atoms with E-state index in [1.807, 2.05) is 0 Å². The first-order valence-electron chi connectivity index (χ1n) is 5.35. The Labute approximate surface area is 106 Å². The summed E-state index contributed by atoms with van der Waals surface area (Å²) < 4.78 is 25.6. The second-order valence-corrected chi connectivity index (χ2v) is 6.65. The molecule has 1 aliphatic heterocycles. The highest BCUT2D eigenvalue weighted by Gasteiger charge is 2.38. The van der Waals surface area contributed by atoms with Crippen LogP contribution in [0.15, 0.2) is 29.2 Å². The number of benzene rings is 1. The summed E-state index contributed by atoms with van der Waals surface area (Å²) in [7, 11) is -3.45. The van der Waals surface area contributed by atoms with Crippen LogP contribution < -0.4 is 0 Å². The van der Waals surface area contributed by atoms with Gasteiger partial charge in [-0.15, -0.1) is 0 Å². The minimum Gasteiger partial charge on any atom is -0.393 e. The molecule has 0 radical (unpaired) electrons. The van der Waals surface area contributed by atoms with E-state index < -0.39 is 16.1 Å². The largest absolute Gasteiger partial charge is 0.393 e. The minimum atomic E-state index is -3.45. The third-order valence-electron chi connectivity index (χ3n) is 2.99. The first kappa shape index (κ1) is 12.8. The van der Waals surface area contributed by atoms with Gasteiger partial charge in [-0.3, -0.25) is 0 Å². The zero-order chi connectivity index (χ0) is 12.6. The fourth-order valence-electron chi connectivity index (χ4n) is 1.75. The van der Waals surface area contributed by atoms with Gasteiger partial charge >= 0.3 is 0 Å². The molecule has 0 amide bonds. The number of nitrogens with zero attached hydrogens (tertiary/aromatic N) is 1. The molecule has 6 heteroatoms. The highest BCUT2D eigenvalue weighted by atomic mass is 35.5. The zero-order valence-electron chi connectivity index (χ0n) is 9.38. The van der Waals surface area contributed by atoms with Crippen molar-refractivity contribution in [3.8, 4) is 0 Å². The Morgan fingerprint density at radius 3 is 2.65 bits per heavy atom. The maximum absolute atomic E-state index is 12.1. The average Bonchev–Trinajstić information content (AvgIpc) is 2.13. The number of hydrogen-bond donors (Lipinski definition) is 1. The Morgan fingerprint density at radius 2 is 2.12 bits per heavy atom. The number of rotatable bonds is 3. The summed E-state index contributed by atoms with van der Waals surface area (Å²) >= 11 is 5.77. The summed E-state index contributed by atoms with van der Waals surface area (Å²) in [4.78, 5) is 0.203. The van der Waals surface area contributed by atoms with Gasteiger partial charge in [0.1, 0.15) is 0 Å². The Bertz CT molecular complexity index is 509. The van der Waals surface area contributed by atoms with Crippen LogP contribution in [0.2, 0.25) is 5.02 Å². The first-order chi connectivity index (χ1) is 7.91. The van der Waals surface area contributed by atoms with Crippen molar-refractivity contribution < 1.29 is 13.5 Å². The Kier molecular flexibility index (Phi) is 3.45. The van der Waals surface area contributed by atoms with E-state index in [2.05, 4.69) is 0 Å². The third-order valence-corrected chi connectivity index (χ3v) is 5.06. The molecule has 1 aliphatic rings. The maximum atomic E-state index is 12.1. The Balaban J connectivity index is 2.16. The molecular formula is C11H14ClNO3S. The van der Waals surface area contributed by atoms with Gasteiger partial charge in [0.15, 0.2) is 0 Å². The topological polar surface area (TPSA) is 57.6 Å². The molecule has 1 aromatic carbocycles. The van der Waals surface area contributed by atoms with Gasteiger partial charge in [0, 0.05) is 24.0 Å². The van der Waals surface area contributed by atoms with Crippen molar-refractivity contribution in [2.75, 3.05) is 13.1 Å². The van der Waals surface area contributed by atoms with Crippen molar-refractivity contribution in [1.82, 2.24) is 4.31 Å². The molecule has 0 bridgehead atoms. The Morgan fingerprint density at radius 1 is 1.47 bits per heavy atom. The van der Waals surface area contributed by atoms with Crippen molar-refractivity contribution in [2.24, 2.45) is 5.92 Å². The molecule has 2 rings (SSSR count). The molecule has 1 N–H and O–H groups in total. The number of aliphatic hydroxyl groups is 1. The smallest absolute Gasteiger partial charge is 0.243 e. The number of halogens is 1. The molecular weight excluding hydrogens is 262 g/mol. The van der Waals surface area contributed by atoms with Gasteiger partial charge in [-0.1, -0.05) is 17.7 Å². The second kappa shape index (κ2) is 4.57. The summed E-state index contributed by atoms with van der Waals surface area (Å²) in [6, 6.07) is 6.21. The van der Waals surface area contributed by atoms with Gasteiger partial charge in [-0.25, -0.2) is 8.42 Å². The monoisotopic (exact) mass is 275 g/mol. The standard InChI is InChI=1S/C11H14ClNO3S/c1-8(14)9-6-13(7-9)17(15,16)11-4-2-3-10(12)5-11/h2-5,8-9,14H,6-7H2,1H3/t8-/m0/s1. The van der Waals surface area contributed by atoms with Gasteiger partial charge in [-0.2, -0.15) is 4.31 Å². The second-order valence-electron chi connectivity index (χ2n) is 4.28. The predicted octanol–water partition coefficient (Wildman–Crippen LogP) is 1.34. The van der Waals surface area contributed by atoms with Crippen LogP contribution in [0.3, 0.4) is 0 Å². The van der Waals surface area contributed by atoms with Crippen LogP contribution in [0.25, 0.3) is 0 Å². The predicted molar refractivity (Wildman–Crippen MR) is 65.4 cm³/mol. The van der Waals surface area contributed by atoms with Gasteiger partial charge in [0.25, 0.3) is 0 Å². The number of hydrogen-bond acceptors (Lipinski definition) is 3. The van der Waals surface area contributed by atoms with E-state index >= 15 is 0 Å². The van der Waals surface area contributed by atoms with E-state index in [1.165, 1.54) is 16.4 Å². The van der Waals surface area contributed by atoms with Crippen molar-refractivity contribution in [1.29, 1.82) is 0 Å². The summed E-state index contributed by atoms with van der Waals surface area (Å²) in [5.41, 5.74) is 0. The molecule has 0 aromatic heterocycles. The van der Waals surface area contributed by atoms with E-state index in [0.717, 1.165) is 0 Å². The van der Waals surface area contributed by atoms with Gasteiger partial charge < -0.3 is 5.11 Å². The molecule has 1 aromatic rings. The lowest BCUT2D eigenvalue weighted by molar-refractivity contribution is 0.0499. The molecule has 1 atom stereocenters. The SMILES string of the molecule is C[C@H](O)C1CN(S(=O)(=O)c2cccc(Cl)c2)C1. The minimum absolute atomic E-state index is 0.0314. The number of sulfonamides is 1. The van der Waals surface area contributed by atoms with Gasteiger partial charge in [0.2, 0.25) is 10.0 Å². The van der Waals surface area contributed by atoms with Crippen LogP contribution in [-0.4, -0.2) is 37.0 Å². The van der Waals surface area contributed by atoms with Crippen molar-refractivity contribution in [2.45, 2.75) is 17.9 Å². The highest BCUT2D eigenvalue weighted by Crippen LogP contribution is 2.27. The summed E-state index contributed by atoms with van der Waals surface area (Å²) in [6.45, 7) is 2.41. The van der Waals surface area contributed by atoms with Crippen LogP contribution in [0.1, 0.15) is 6.92 Å². The highest BCUT2D eigenvalue weighted by molar-refractivity contribution is 7.89. The fraction of sp³-hybridized carbons (Fsp3) is 0.455. The van der Waals surface area contributed by atoms with Crippen LogP contribution in [0.5, 0.6) is 0 Å². The lowest BCUT2D eigenvalue weighted by Gasteiger charge is -2.39. The van der Waals surface area contributed by atoms with E-state index in [4.69, 9.17) is 11.6 Å². The normalized spacial score (nSPS) is 19.9. The summed E-state index contributed by atoms with van der Waals surface area (Å²) in [5.74, 6) is 0.0314. The van der Waals surface area contributed by atoms with Crippen molar-refractivity contribution in [3.63, 3.8) is 0 Å². The molecule has 0 saturated carbocycles. The van der Waals surface area contributed by atoms with E-state index in [1.54, 1.807) is 19.1 Å². The van der Waals surface area contributed by atoms with Crippen molar-refractivity contribution >= 4 is 21.6 Å². The molecule has 0 unspecified atom stereocenters. The maximum Gasteiger partial charge on any atom is 0.243 e. The summed E-state index contributed by atoms with van der Waals surface area (Å²) in [5, 5.41) is 9.73. The lowest BCUT2D eigenvalue weighted by Crippen LogP contribution is -2.53.